The molecule has 1 heterocycles. The van der Waals surface area contributed by atoms with Crippen molar-refractivity contribution >= 4 is 17.5 Å². The summed E-state index contributed by atoms with van der Waals surface area (Å²) < 4.78 is 10.7. The van der Waals surface area contributed by atoms with Gasteiger partial charge in [0.15, 0.2) is 0 Å². The first-order valence-electron chi connectivity index (χ1n) is 8.87. The van der Waals surface area contributed by atoms with Crippen LogP contribution in [0.2, 0.25) is 0 Å². The second-order valence-corrected chi connectivity index (χ2v) is 6.57. The fourth-order valence-corrected chi connectivity index (χ4v) is 3.26. The van der Waals surface area contributed by atoms with Crippen molar-refractivity contribution in [2.75, 3.05) is 32.2 Å². The van der Waals surface area contributed by atoms with Gasteiger partial charge in [0.25, 0.3) is 5.91 Å². The van der Waals surface area contributed by atoms with Crippen LogP contribution in [0.25, 0.3) is 0 Å². The molecule has 2 aromatic rings. The van der Waals surface area contributed by atoms with Gasteiger partial charge in [0.2, 0.25) is 5.91 Å². The maximum Gasteiger partial charge on any atom is 0.254 e. The van der Waals surface area contributed by atoms with Crippen LogP contribution < -0.4 is 14.4 Å². The van der Waals surface area contributed by atoms with Crippen LogP contribution in [0, 0.1) is 6.92 Å². The molecule has 0 aromatic heterocycles. The van der Waals surface area contributed by atoms with Gasteiger partial charge in [0.1, 0.15) is 17.5 Å². The van der Waals surface area contributed by atoms with Gasteiger partial charge in [-0.05, 0) is 38.1 Å². The summed E-state index contributed by atoms with van der Waals surface area (Å²) in [6.07, 6.45) is 0. The predicted octanol–water partition coefficient (Wildman–Crippen LogP) is 2.89. The Hall–Kier alpha value is -3.02. The largest absolute Gasteiger partial charge is 0.497 e. The van der Waals surface area contributed by atoms with Crippen molar-refractivity contribution in [3.8, 4) is 11.5 Å². The molecule has 0 unspecified atom stereocenters. The van der Waals surface area contributed by atoms with Crippen molar-refractivity contribution in [1.29, 1.82) is 0 Å². The molecule has 3 rings (SSSR count). The standard InChI is InChI=1S/C21H24N2O4/c1-14-5-7-16(8-6-14)21(25)22-11-12-23(20(24)15(22)2)18-13-17(26-3)9-10-19(18)27-4/h5-10,13,15H,11-12H2,1-4H3/t15-/m0/s1. The molecule has 0 N–H and O–H groups in total. The van der Waals surface area contributed by atoms with Crippen molar-refractivity contribution in [1.82, 2.24) is 4.90 Å². The van der Waals surface area contributed by atoms with E-state index in [0.29, 0.717) is 35.8 Å². The number of ether oxygens (including phenoxy) is 2. The molecular formula is C21H24N2O4. The molecule has 1 atom stereocenters. The summed E-state index contributed by atoms with van der Waals surface area (Å²) >= 11 is 0. The Morgan fingerprint density at radius 2 is 1.74 bits per heavy atom. The maximum absolute atomic E-state index is 13.0. The first kappa shape index (κ1) is 18.8. The SMILES string of the molecule is COc1ccc(OC)c(N2CCN(C(=O)c3ccc(C)cc3)[C@@H](C)C2=O)c1. The zero-order chi connectivity index (χ0) is 19.6. The van der Waals surface area contributed by atoms with Crippen molar-refractivity contribution in [3.05, 3.63) is 53.6 Å². The number of hydrogen-bond acceptors (Lipinski definition) is 4. The normalized spacial score (nSPS) is 17.0. The molecule has 1 aliphatic rings. The number of rotatable bonds is 4. The minimum Gasteiger partial charge on any atom is -0.497 e. The third kappa shape index (κ3) is 3.60. The number of benzene rings is 2. The lowest BCUT2D eigenvalue weighted by Gasteiger charge is -2.39. The number of anilines is 1. The van der Waals surface area contributed by atoms with Crippen LogP contribution in [0.5, 0.6) is 11.5 Å². The second-order valence-electron chi connectivity index (χ2n) is 6.57. The number of amides is 2. The molecule has 1 fully saturated rings. The predicted molar refractivity (Wildman–Crippen MR) is 104 cm³/mol. The van der Waals surface area contributed by atoms with Crippen LogP contribution in [0.1, 0.15) is 22.8 Å². The number of carbonyl (C=O) groups excluding carboxylic acids is 2. The van der Waals surface area contributed by atoms with Gasteiger partial charge >= 0.3 is 0 Å². The Balaban J connectivity index is 1.84. The van der Waals surface area contributed by atoms with Gasteiger partial charge < -0.3 is 19.3 Å². The molecule has 27 heavy (non-hydrogen) atoms. The summed E-state index contributed by atoms with van der Waals surface area (Å²) in [4.78, 5) is 29.2. The fraction of sp³-hybridized carbons (Fsp3) is 0.333. The van der Waals surface area contributed by atoms with E-state index in [9.17, 15) is 9.59 Å². The highest BCUT2D eigenvalue weighted by atomic mass is 16.5. The third-order valence-electron chi connectivity index (χ3n) is 4.89. The molecular weight excluding hydrogens is 344 g/mol. The molecule has 0 saturated carbocycles. The Morgan fingerprint density at radius 3 is 2.37 bits per heavy atom. The van der Waals surface area contributed by atoms with E-state index < -0.39 is 6.04 Å². The van der Waals surface area contributed by atoms with Crippen LogP contribution in [0.15, 0.2) is 42.5 Å². The van der Waals surface area contributed by atoms with Crippen LogP contribution in [0.3, 0.4) is 0 Å². The minimum atomic E-state index is -0.566. The molecule has 6 heteroatoms. The molecule has 1 saturated heterocycles. The highest BCUT2D eigenvalue weighted by Gasteiger charge is 2.36. The third-order valence-corrected chi connectivity index (χ3v) is 4.89. The van der Waals surface area contributed by atoms with Gasteiger partial charge in [0, 0.05) is 24.7 Å². The topological polar surface area (TPSA) is 59.1 Å². The lowest BCUT2D eigenvalue weighted by molar-refractivity contribution is -0.124. The smallest absolute Gasteiger partial charge is 0.254 e. The highest BCUT2D eigenvalue weighted by Crippen LogP contribution is 2.34. The summed E-state index contributed by atoms with van der Waals surface area (Å²) in [5, 5.41) is 0. The van der Waals surface area contributed by atoms with Gasteiger partial charge in [0.05, 0.1) is 19.9 Å². The van der Waals surface area contributed by atoms with Crippen molar-refractivity contribution in [3.63, 3.8) is 0 Å². The Morgan fingerprint density at radius 1 is 1.04 bits per heavy atom. The second kappa shape index (κ2) is 7.70. The van der Waals surface area contributed by atoms with E-state index in [1.807, 2.05) is 19.1 Å². The number of aryl methyl sites for hydroxylation is 1. The quantitative estimate of drug-likeness (QED) is 0.833. The molecule has 0 radical (unpaired) electrons. The molecule has 0 bridgehead atoms. The zero-order valence-corrected chi connectivity index (χ0v) is 16.1. The van der Waals surface area contributed by atoms with Gasteiger partial charge in [-0.3, -0.25) is 9.59 Å². The summed E-state index contributed by atoms with van der Waals surface area (Å²) in [6.45, 7) is 4.57. The van der Waals surface area contributed by atoms with E-state index in [4.69, 9.17) is 9.47 Å². The molecule has 0 aliphatic carbocycles. The van der Waals surface area contributed by atoms with E-state index >= 15 is 0 Å². The molecule has 1 aliphatic heterocycles. The Bertz CT molecular complexity index is 848. The number of nitrogens with zero attached hydrogens (tertiary/aromatic N) is 2. The van der Waals surface area contributed by atoms with E-state index in [1.165, 1.54) is 0 Å². The number of hydrogen-bond donors (Lipinski definition) is 0. The van der Waals surface area contributed by atoms with Gasteiger partial charge in [-0.1, -0.05) is 17.7 Å². The Labute approximate surface area is 159 Å². The van der Waals surface area contributed by atoms with E-state index in [2.05, 4.69) is 0 Å². The van der Waals surface area contributed by atoms with Crippen molar-refractivity contribution in [2.45, 2.75) is 19.9 Å². The van der Waals surface area contributed by atoms with Gasteiger partial charge in [-0.25, -0.2) is 0 Å². The van der Waals surface area contributed by atoms with Gasteiger partial charge in [-0.2, -0.15) is 0 Å². The summed E-state index contributed by atoms with van der Waals surface area (Å²) in [5.41, 5.74) is 2.33. The van der Waals surface area contributed by atoms with E-state index in [-0.39, 0.29) is 11.8 Å². The fourth-order valence-electron chi connectivity index (χ4n) is 3.26. The van der Waals surface area contributed by atoms with Crippen LogP contribution in [-0.2, 0) is 4.79 Å². The monoisotopic (exact) mass is 368 g/mol. The molecule has 2 amide bonds. The van der Waals surface area contributed by atoms with Crippen molar-refractivity contribution in [2.24, 2.45) is 0 Å². The van der Waals surface area contributed by atoms with Crippen LogP contribution in [0.4, 0.5) is 5.69 Å². The number of piperazine rings is 1. The summed E-state index contributed by atoms with van der Waals surface area (Å²) in [6, 6.07) is 12.2. The minimum absolute atomic E-state index is 0.131. The summed E-state index contributed by atoms with van der Waals surface area (Å²) in [7, 11) is 3.14. The lowest BCUT2D eigenvalue weighted by atomic mass is 10.1. The van der Waals surface area contributed by atoms with Crippen LogP contribution >= 0.6 is 0 Å². The van der Waals surface area contributed by atoms with Crippen LogP contribution in [-0.4, -0.2) is 50.1 Å². The number of carbonyl (C=O) groups is 2. The average molecular weight is 368 g/mol. The molecule has 2 aromatic carbocycles. The first-order chi connectivity index (χ1) is 13.0. The lowest BCUT2D eigenvalue weighted by Crippen LogP contribution is -2.57. The zero-order valence-electron chi connectivity index (χ0n) is 16.1. The van der Waals surface area contributed by atoms with Crippen molar-refractivity contribution < 1.29 is 19.1 Å². The first-order valence-corrected chi connectivity index (χ1v) is 8.87. The highest BCUT2D eigenvalue weighted by molar-refractivity contribution is 6.04. The average Bonchev–Trinajstić information content (AvgIpc) is 2.69. The molecule has 142 valence electrons. The van der Waals surface area contributed by atoms with E-state index in [0.717, 1.165) is 5.56 Å². The number of methoxy groups -OCH3 is 2. The molecule has 6 nitrogen and oxygen atoms in total. The maximum atomic E-state index is 13.0. The molecule has 0 spiro atoms. The Kier molecular flexibility index (Phi) is 5.35. The van der Waals surface area contributed by atoms with E-state index in [1.54, 1.807) is 61.3 Å². The summed E-state index contributed by atoms with van der Waals surface area (Å²) in [5.74, 6) is 0.959. The van der Waals surface area contributed by atoms with Gasteiger partial charge in [-0.15, -0.1) is 0 Å².